The molecule has 1 aromatic heterocycles. The first-order valence-corrected chi connectivity index (χ1v) is 7.72. The van der Waals surface area contributed by atoms with Crippen molar-refractivity contribution in [3.63, 3.8) is 0 Å². The van der Waals surface area contributed by atoms with Crippen LogP contribution in [0, 0.1) is 0 Å². The van der Waals surface area contributed by atoms with E-state index in [0.29, 0.717) is 17.9 Å². The molecule has 1 aliphatic heterocycles. The first-order chi connectivity index (χ1) is 10.7. The van der Waals surface area contributed by atoms with E-state index in [2.05, 4.69) is 5.16 Å². The van der Waals surface area contributed by atoms with Crippen LogP contribution in [0.5, 0.6) is 0 Å². The molecule has 1 amide bonds. The highest BCUT2D eigenvalue weighted by Crippen LogP contribution is 2.45. The van der Waals surface area contributed by atoms with Gasteiger partial charge in [-0.3, -0.25) is 4.79 Å². The standard InChI is InChI=1S/C17H18N2O3/c20-16(19-10-4-7-14(19)17(21)8-9-17)13-11-18-22-15(13)12-5-2-1-3-6-12/h1-3,5-6,11,14,21H,4,7-10H2. The number of benzene rings is 1. The van der Waals surface area contributed by atoms with E-state index in [4.69, 9.17) is 4.52 Å². The lowest BCUT2D eigenvalue weighted by Crippen LogP contribution is -2.44. The Morgan fingerprint density at radius 3 is 2.82 bits per heavy atom. The van der Waals surface area contributed by atoms with Gasteiger partial charge in [-0.05, 0) is 25.7 Å². The highest BCUT2D eigenvalue weighted by atomic mass is 16.5. The summed E-state index contributed by atoms with van der Waals surface area (Å²) in [5.74, 6) is 0.405. The van der Waals surface area contributed by atoms with E-state index in [1.807, 2.05) is 30.3 Å². The van der Waals surface area contributed by atoms with Crippen molar-refractivity contribution in [2.75, 3.05) is 6.54 Å². The molecule has 1 atom stereocenters. The third-order valence-electron chi connectivity index (χ3n) is 4.73. The SMILES string of the molecule is O=C(c1cnoc1-c1ccccc1)N1CCCC1C1(O)CC1. The molecule has 0 spiro atoms. The van der Waals surface area contributed by atoms with Gasteiger partial charge in [0.15, 0.2) is 5.76 Å². The van der Waals surface area contributed by atoms with Gasteiger partial charge in [0, 0.05) is 12.1 Å². The quantitative estimate of drug-likeness (QED) is 0.945. The number of hydrogen-bond acceptors (Lipinski definition) is 4. The van der Waals surface area contributed by atoms with E-state index in [1.54, 1.807) is 4.90 Å². The summed E-state index contributed by atoms with van der Waals surface area (Å²) in [6, 6.07) is 9.44. The van der Waals surface area contributed by atoms with Gasteiger partial charge >= 0.3 is 0 Å². The average Bonchev–Trinajstić information content (AvgIpc) is 3.02. The van der Waals surface area contributed by atoms with Gasteiger partial charge in [-0.2, -0.15) is 0 Å². The molecule has 2 heterocycles. The molecule has 114 valence electrons. The fourth-order valence-corrected chi connectivity index (χ4v) is 3.37. The summed E-state index contributed by atoms with van der Waals surface area (Å²) in [7, 11) is 0. The maximum absolute atomic E-state index is 12.9. The number of rotatable bonds is 3. The third kappa shape index (κ3) is 2.13. The normalized spacial score (nSPS) is 22.8. The molecule has 4 rings (SSSR count). The molecule has 5 nitrogen and oxygen atoms in total. The van der Waals surface area contributed by atoms with Crippen LogP contribution in [0.1, 0.15) is 36.0 Å². The summed E-state index contributed by atoms with van der Waals surface area (Å²) in [6.07, 6.45) is 4.86. The van der Waals surface area contributed by atoms with E-state index in [-0.39, 0.29) is 11.9 Å². The van der Waals surface area contributed by atoms with Crippen molar-refractivity contribution in [2.24, 2.45) is 0 Å². The molecule has 2 aromatic rings. The Balaban J connectivity index is 1.65. The first kappa shape index (κ1) is 13.5. The zero-order valence-corrected chi connectivity index (χ0v) is 12.2. The van der Waals surface area contributed by atoms with Gasteiger partial charge in [0.05, 0.1) is 17.8 Å². The molecule has 2 aliphatic rings. The van der Waals surface area contributed by atoms with Crippen molar-refractivity contribution in [1.29, 1.82) is 0 Å². The smallest absolute Gasteiger partial charge is 0.259 e. The molecule has 22 heavy (non-hydrogen) atoms. The lowest BCUT2D eigenvalue weighted by molar-refractivity contribution is 0.0386. The lowest BCUT2D eigenvalue weighted by atomic mass is 10.0. The predicted molar refractivity (Wildman–Crippen MR) is 80.2 cm³/mol. The van der Waals surface area contributed by atoms with Gasteiger partial charge in [0.1, 0.15) is 5.56 Å². The van der Waals surface area contributed by atoms with Crippen LogP contribution in [0.4, 0.5) is 0 Å². The predicted octanol–water partition coefficient (Wildman–Crippen LogP) is 2.47. The number of amides is 1. The summed E-state index contributed by atoms with van der Waals surface area (Å²) < 4.78 is 5.31. The lowest BCUT2D eigenvalue weighted by Gasteiger charge is -2.28. The molecule has 1 saturated heterocycles. The second-order valence-electron chi connectivity index (χ2n) is 6.19. The highest BCUT2D eigenvalue weighted by Gasteiger charge is 2.53. The Morgan fingerprint density at radius 1 is 1.32 bits per heavy atom. The zero-order valence-electron chi connectivity index (χ0n) is 12.2. The van der Waals surface area contributed by atoms with Crippen molar-refractivity contribution < 1.29 is 14.4 Å². The molecule has 1 aromatic carbocycles. The highest BCUT2D eigenvalue weighted by molar-refractivity contribution is 5.99. The molecule has 5 heteroatoms. The Morgan fingerprint density at radius 2 is 2.09 bits per heavy atom. The van der Waals surface area contributed by atoms with Crippen LogP contribution in [-0.2, 0) is 0 Å². The number of carbonyl (C=O) groups excluding carboxylic acids is 1. The largest absolute Gasteiger partial charge is 0.388 e. The van der Waals surface area contributed by atoms with Crippen molar-refractivity contribution in [2.45, 2.75) is 37.3 Å². The van der Waals surface area contributed by atoms with Crippen LogP contribution < -0.4 is 0 Å². The summed E-state index contributed by atoms with van der Waals surface area (Å²) in [6.45, 7) is 0.686. The third-order valence-corrected chi connectivity index (χ3v) is 4.73. The fourth-order valence-electron chi connectivity index (χ4n) is 3.37. The summed E-state index contributed by atoms with van der Waals surface area (Å²) in [5, 5.41) is 14.2. The van der Waals surface area contributed by atoms with E-state index in [0.717, 1.165) is 31.2 Å². The number of aromatic nitrogens is 1. The van der Waals surface area contributed by atoms with Crippen LogP contribution in [0.3, 0.4) is 0 Å². The molecule has 1 saturated carbocycles. The van der Waals surface area contributed by atoms with E-state index in [9.17, 15) is 9.90 Å². The second kappa shape index (κ2) is 4.95. The Bertz CT molecular complexity index is 691. The summed E-state index contributed by atoms with van der Waals surface area (Å²) in [4.78, 5) is 14.7. The minimum absolute atomic E-state index is 0.0708. The summed E-state index contributed by atoms with van der Waals surface area (Å²) >= 11 is 0. The van der Waals surface area contributed by atoms with Crippen molar-refractivity contribution in [3.05, 3.63) is 42.1 Å². The number of nitrogens with zero attached hydrogens (tertiary/aromatic N) is 2. The van der Waals surface area contributed by atoms with Crippen LogP contribution in [0.2, 0.25) is 0 Å². The van der Waals surface area contributed by atoms with Gasteiger partial charge in [-0.15, -0.1) is 0 Å². The average molecular weight is 298 g/mol. The van der Waals surface area contributed by atoms with Gasteiger partial charge in [-0.1, -0.05) is 35.5 Å². The Labute approximate surface area is 128 Å². The number of likely N-dealkylation sites (tertiary alicyclic amines) is 1. The summed E-state index contributed by atoms with van der Waals surface area (Å²) in [5.41, 5.74) is 0.641. The molecule has 2 fully saturated rings. The Kier molecular flexibility index (Phi) is 3.04. The van der Waals surface area contributed by atoms with Crippen LogP contribution in [0.15, 0.2) is 41.1 Å². The first-order valence-electron chi connectivity index (χ1n) is 7.72. The van der Waals surface area contributed by atoms with Crippen LogP contribution in [0.25, 0.3) is 11.3 Å². The molecule has 1 unspecified atom stereocenters. The maximum atomic E-state index is 12.9. The molecular weight excluding hydrogens is 280 g/mol. The minimum Gasteiger partial charge on any atom is -0.388 e. The van der Waals surface area contributed by atoms with Gasteiger partial charge < -0.3 is 14.5 Å². The van der Waals surface area contributed by atoms with E-state index < -0.39 is 5.60 Å². The van der Waals surface area contributed by atoms with Crippen molar-refractivity contribution in [3.8, 4) is 11.3 Å². The van der Waals surface area contributed by atoms with Crippen LogP contribution >= 0.6 is 0 Å². The number of hydrogen-bond donors (Lipinski definition) is 1. The number of aliphatic hydroxyl groups is 1. The molecule has 1 N–H and O–H groups in total. The molecule has 0 bridgehead atoms. The fraction of sp³-hybridized carbons (Fsp3) is 0.412. The topological polar surface area (TPSA) is 66.6 Å². The van der Waals surface area contributed by atoms with Gasteiger partial charge in [0.2, 0.25) is 0 Å². The molecule has 1 aliphatic carbocycles. The zero-order chi connectivity index (χ0) is 15.2. The minimum atomic E-state index is -0.670. The van der Waals surface area contributed by atoms with Crippen molar-refractivity contribution in [1.82, 2.24) is 10.1 Å². The van der Waals surface area contributed by atoms with Crippen LogP contribution in [-0.4, -0.2) is 39.3 Å². The van der Waals surface area contributed by atoms with Crippen molar-refractivity contribution >= 4 is 5.91 Å². The van der Waals surface area contributed by atoms with E-state index in [1.165, 1.54) is 6.20 Å². The second-order valence-corrected chi connectivity index (χ2v) is 6.19. The molecule has 0 radical (unpaired) electrons. The number of carbonyl (C=O) groups is 1. The molecular formula is C17H18N2O3. The Hall–Kier alpha value is -2.14. The van der Waals surface area contributed by atoms with Gasteiger partial charge in [0.25, 0.3) is 5.91 Å². The van der Waals surface area contributed by atoms with E-state index >= 15 is 0 Å². The van der Waals surface area contributed by atoms with Gasteiger partial charge in [-0.25, -0.2) is 0 Å². The maximum Gasteiger partial charge on any atom is 0.259 e. The monoisotopic (exact) mass is 298 g/mol.